The summed E-state index contributed by atoms with van der Waals surface area (Å²) in [6.45, 7) is 0.607. The van der Waals surface area contributed by atoms with Crippen molar-refractivity contribution in [2.75, 3.05) is 19.5 Å². The van der Waals surface area contributed by atoms with Crippen molar-refractivity contribution in [2.45, 2.75) is 6.42 Å². The molecule has 0 saturated heterocycles. The van der Waals surface area contributed by atoms with E-state index in [0.717, 1.165) is 12.2 Å². The summed E-state index contributed by atoms with van der Waals surface area (Å²) in [5.74, 6) is 1.42. The molecule has 0 amide bonds. The minimum absolute atomic E-state index is 0.582. The number of hydrogen-bond acceptors (Lipinski definition) is 4. The van der Waals surface area contributed by atoms with Crippen LogP contribution in [-0.4, -0.2) is 18.7 Å². The number of nitrogen functional groups attached to an aromatic ring is 1. The van der Waals surface area contributed by atoms with Gasteiger partial charge in [-0.1, -0.05) is 0 Å². The van der Waals surface area contributed by atoms with Crippen molar-refractivity contribution >= 4 is 5.69 Å². The zero-order valence-electron chi connectivity index (χ0n) is 10.3. The molecule has 0 fully saturated rings. The summed E-state index contributed by atoms with van der Waals surface area (Å²) in [6, 6.07) is 9.38. The molecule has 94 valence electrons. The van der Waals surface area contributed by atoms with Gasteiger partial charge in [0.25, 0.3) is 0 Å². The number of methoxy groups -OCH3 is 1. The van der Waals surface area contributed by atoms with Crippen LogP contribution in [0.1, 0.15) is 5.56 Å². The minimum Gasteiger partial charge on any atom is -0.495 e. The molecule has 0 atom stereocenters. The smallest absolute Gasteiger partial charge is 0.142 e. The van der Waals surface area contributed by atoms with Crippen LogP contribution in [-0.2, 0) is 6.42 Å². The lowest BCUT2D eigenvalue weighted by Gasteiger charge is -2.09. The average Bonchev–Trinajstić information content (AvgIpc) is 2.40. The largest absolute Gasteiger partial charge is 0.495 e. The Kier molecular flexibility index (Phi) is 4.02. The van der Waals surface area contributed by atoms with Crippen LogP contribution >= 0.6 is 0 Å². The van der Waals surface area contributed by atoms with Crippen molar-refractivity contribution < 1.29 is 9.47 Å². The first-order valence-corrected chi connectivity index (χ1v) is 5.75. The third-order valence-electron chi connectivity index (χ3n) is 2.61. The third kappa shape index (κ3) is 3.13. The van der Waals surface area contributed by atoms with E-state index in [1.54, 1.807) is 31.6 Å². The summed E-state index contributed by atoms with van der Waals surface area (Å²) < 4.78 is 10.7. The van der Waals surface area contributed by atoms with Gasteiger partial charge in [0.2, 0.25) is 0 Å². The first-order valence-electron chi connectivity index (χ1n) is 5.75. The lowest BCUT2D eigenvalue weighted by molar-refractivity contribution is 0.321. The van der Waals surface area contributed by atoms with Crippen LogP contribution in [0.15, 0.2) is 42.7 Å². The molecule has 1 aromatic carbocycles. The van der Waals surface area contributed by atoms with E-state index >= 15 is 0 Å². The summed E-state index contributed by atoms with van der Waals surface area (Å²) in [5, 5.41) is 0. The molecule has 1 heterocycles. The van der Waals surface area contributed by atoms with Crippen molar-refractivity contribution in [1.82, 2.24) is 4.98 Å². The number of rotatable bonds is 5. The minimum atomic E-state index is 0.582. The Hall–Kier alpha value is -2.23. The Morgan fingerprint density at radius 2 is 1.94 bits per heavy atom. The summed E-state index contributed by atoms with van der Waals surface area (Å²) in [7, 11) is 1.59. The molecule has 0 spiro atoms. The van der Waals surface area contributed by atoms with Crippen LogP contribution in [0.2, 0.25) is 0 Å². The van der Waals surface area contributed by atoms with Gasteiger partial charge in [-0.15, -0.1) is 0 Å². The van der Waals surface area contributed by atoms with Crippen molar-refractivity contribution in [2.24, 2.45) is 0 Å². The van der Waals surface area contributed by atoms with Crippen LogP contribution in [0.5, 0.6) is 11.5 Å². The molecule has 0 aliphatic carbocycles. The Morgan fingerprint density at radius 3 is 2.61 bits per heavy atom. The van der Waals surface area contributed by atoms with Gasteiger partial charge >= 0.3 is 0 Å². The van der Waals surface area contributed by atoms with Gasteiger partial charge in [0.15, 0.2) is 0 Å². The maximum absolute atomic E-state index is 5.80. The molecule has 0 radical (unpaired) electrons. The molecule has 1 aromatic heterocycles. The highest BCUT2D eigenvalue weighted by atomic mass is 16.5. The first kappa shape index (κ1) is 12.2. The number of nitrogens with zero attached hydrogens (tertiary/aromatic N) is 1. The van der Waals surface area contributed by atoms with Gasteiger partial charge in [0.05, 0.1) is 19.4 Å². The molecule has 0 unspecified atom stereocenters. The zero-order valence-corrected chi connectivity index (χ0v) is 10.3. The van der Waals surface area contributed by atoms with Crippen molar-refractivity contribution in [1.29, 1.82) is 0 Å². The second kappa shape index (κ2) is 5.91. The maximum Gasteiger partial charge on any atom is 0.142 e. The van der Waals surface area contributed by atoms with Crippen molar-refractivity contribution in [3.05, 3.63) is 48.3 Å². The van der Waals surface area contributed by atoms with Crippen molar-refractivity contribution in [3.8, 4) is 11.5 Å². The van der Waals surface area contributed by atoms with E-state index in [4.69, 9.17) is 15.2 Å². The van der Waals surface area contributed by atoms with Crippen LogP contribution in [0.25, 0.3) is 0 Å². The zero-order chi connectivity index (χ0) is 12.8. The van der Waals surface area contributed by atoms with E-state index in [9.17, 15) is 0 Å². The van der Waals surface area contributed by atoms with Crippen LogP contribution in [0.4, 0.5) is 5.69 Å². The predicted octanol–water partition coefficient (Wildman–Crippen LogP) is 2.29. The van der Waals surface area contributed by atoms with E-state index < -0.39 is 0 Å². The molecule has 4 heteroatoms. The van der Waals surface area contributed by atoms with Gasteiger partial charge < -0.3 is 15.2 Å². The predicted molar refractivity (Wildman–Crippen MR) is 70.8 cm³/mol. The van der Waals surface area contributed by atoms with E-state index in [1.807, 2.05) is 18.2 Å². The number of nitrogens with two attached hydrogens (primary N) is 1. The van der Waals surface area contributed by atoms with Gasteiger partial charge in [0, 0.05) is 24.9 Å². The molecular formula is C14H16N2O2. The molecular weight excluding hydrogens is 228 g/mol. The molecule has 2 rings (SSSR count). The fraction of sp³-hybridized carbons (Fsp3) is 0.214. The molecule has 0 aliphatic rings. The highest BCUT2D eigenvalue weighted by Crippen LogP contribution is 2.25. The van der Waals surface area contributed by atoms with E-state index in [0.29, 0.717) is 18.0 Å². The molecule has 2 aromatic rings. The summed E-state index contributed by atoms with van der Waals surface area (Å²) >= 11 is 0. The van der Waals surface area contributed by atoms with Gasteiger partial charge in [-0.3, -0.25) is 4.98 Å². The lowest BCUT2D eigenvalue weighted by atomic mass is 10.2. The number of hydrogen-bond donors (Lipinski definition) is 1. The SMILES string of the molecule is COc1ccc(OCCc2ccncc2)cc1N. The maximum atomic E-state index is 5.80. The normalized spacial score (nSPS) is 10.1. The Balaban J connectivity index is 1.89. The van der Waals surface area contributed by atoms with Gasteiger partial charge in [-0.2, -0.15) is 0 Å². The van der Waals surface area contributed by atoms with Crippen LogP contribution in [0.3, 0.4) is 0 Å². The second-order valence-electron chi connectivity index (χ2n) is 3.86. The molecule has 2 N–H and O–H groups in total. The molecule has 0 bridgehead atoms. The number of aromatic nitrogens is 1. The molecule has 18 heavy (non-hydrogen) atoms. The number of benzene rings is 1. The number of anilines is 1. The molecule has 0 saturated carbocycles. The summed E-state index contributed by atoms with van der Waals surface area (Å²) in [5.41, 5.74) is 7.58. The number of ether oxygens (including phenoxy) is 2. The van der Waals surface area contributed by atoms with E-state index in [2.05, 4.69) is 4.98 Å². The highest BCUT2D eigenvalue weighted by Gasteiger charge is 2.01. The molecule has 4 nitrogen and oxygen atoms in total. The third-order valence-corrected chi connectivity index (χ3v) is 2.61. The van der Waals surface area contributed by atoms with Gasteiger partial charge in [0.1, 0.15) is 11.5 Å². The molecule has 0 aliphatic heterocycles. The van der Waals surface area contributed by atoms with Gasteiger partial charge in [-0.05, 0) is 29.8 Å². The Bertz CT molecular complexity index is 500. The summed E-state index contributed by atoms with van der Waals surface area (Å²) in [6.07, 6.45) is 4.40. The second-order valence-corrected chi connectivity index (χ2v) is 3.86. The van der Waals surface area contributed by atoms with Crippen LogP contribution in [0, 0.1) is 0 Å². The topological polar surface area (TPSA) is 57.4 Å². The van der Waals surface area contributed by atoms with Gasteiger partial charge in [-0.25, -0.2) is 0 Å². The van der Waals surface area contributed by atoms with Crippen molar-refractivity contribution in [3.63, 3.8) is 0 Å². The lowest BCUT2D eigenvalue weighted by Crippen LogP contribution is -2.02. The first-order chi connectivity index (χ1) is 8.79. The monoisotopic (exact) mass is 244 g/mol. The quantitative estimate of drug-likeness (QED) is 0.820. The fourth-order valence-electron chi connectivity index (χ4n) is 1.64. The number of pyridine rings is 1. The van der Waals surface area contributed by atoms with E-state index in [1.165, 1.54) is 5.56 Å². The average molecular weight is 244 g/mol. The summed E-state index contributed by atoms with van der Waals surface area (Å²) in [4.78, 5) is 3.97. The van der Waals surface area contributed by atoms with Crippen LogP contribution < -0.4 is 15.2 Å². The Morgan fingerprint density at radius 1 is 1.17 bits per heavy atom. The van der Waals surface area contributed by atoms with E-state index in [-0.39, 0.29) is 0 Å². The highest BCUT2D eigenvalue weighted by molar-refractivity contribution is 5.56. The fourth-order valence-corrected chi connectivity index (χ4v) is 1.64. The Labute approximate surface area is 106 Å². The standard InChI is InChI=1S/C14H16N2O2/c1-17-14-3-2-12(10-13(14)15)18-9-6-11-4-7-16-8-5-11/h2-5,7-8,10H,6,9,15H2,1H3.